The van der Waals surface area contributed by atoms with Gasteiger partial charge in [-0.05, 0) is 57.3 Å². The lowest BCUT2D eigenvalue weighted by molar-refractivity contribution is -0.313. The van der Waals surface area contributed by atoms with Crippen molar-refractivity contribution in [1.29, 1.82) is 0 Å². The van der Waals surface area contributed by atoms with Crippen LogP contribution < -0.4 is 0 Å². The standard InChI is InChI=1S/C21H36O3S2.C10H18O3/c1-4-5-6-7-17(22)9-8-16-10-11-21(18(16)19-25-12-13-26-19)23-14-20(2,3)15-24-21;1-3-7-11-9(5-1)13-10-6-2-4-8-12-10/h8-9,16-19,22H,4-7,10-15H2,1-3H3;9-10H,1-8H2. The number of hydrogen-bond donors (Lipinski definition) is 1. The van der Waals surface area contributed by atoms with E-state index < -0.39 is 5.79 Å². The minimum absolute atomic E-state index is 0.00292. The zero-order chi connectivity index (χ0) is 27.6. The van der Waals surface area contributed by atoms with Gasteiger partial charge in [0, 0.05) is 42.5 Å². The van der Waals surface area contributed by atoms with Gasteiger partial charge < -0.3 is 28.8 Å². The van der Waals surface area contributed by atoms with Crippen LogP contribution >= 0.6 is 23.5 Å². The van der Waals surface area contributed by atoms with Gasteiger partial charge in [-0.1, -0.05) is 52.2 Å². The molecule has 4 heterocycles. The molecule has 1 aliphatic carbocycles. The third-order valence-electron chi connectivity index (χ3n) is 8.41. The Bertz CT molecular complexity index is 690. The Morgan fingerprint density at radius 2 is 1.56 bits per heavy atom. The van der Waals surface area contributed by atoms with Crippen LogP contribution in [0, 0.1) is 17.3 Å². The lowest BCUT2D eigenvalue weighted by atomic mass is 9.90. The normalized spacial score (nSPS) is 33.7. The van der Waals surface area contributed by atoms with Crippen LogP contribution in [0.2, 0.25) is 0 Å². The highest BCUT2D eigenvalue weighted by Gasteiger charge is 2.56. The Labute approximate surface area is 246 Å². The SMILES string of the molecule is C1CCC(OC2CCCCO2)OC1.CCCCCC(O)C=CC1CCC2(OCC(C)(C)CO2)C1C1SCCS1. The van der Waals surface area contributed by atoms with Crippen molar-refractivity contribution < 1.29 is 28.8 Å². The molecule has 1 saturated carbocycles. The molecule has 39 heavy (non-hydrogen) atoms. The van der Waals surface area contributed by atoms with Crippen molar-refractivity contribution in [3.63, 3.8) is 0 Å². The Balaban J connectivity index is 0.000000226. The van der Waals surface area contributed by atoms with Crippen LogP contribution in [0.25, 0.3) is 0 Å². The Morgan fingerprint density at radius 1 is 0.923 bits per heavy atom. The van der Waals surface area contributed by atoms with Gasteiger partial charge in [0.1, 0.15) is 0 Å². The number of thioether (sulfide) groups is 2. The average Bonchev–Trinajstić information content (AvgIpc) is 3.59. The summed E-state index contributed by atoms with van der Waals surface area (Å²) in [6.07, 6.45) is 17.3. The summed E-state index contributed by atoms with van der Waals surface area (Å²) in [5.41, 5.74) is 0.106. The molecule has 0 bridgehead atoms. The molecule has 5 atom stereocenters. The summed E-state index contributed by atoms with van der Waals surface area (Å²) in [4.78, 5) is 0. The lowest BCUT2D eigenvalue weighted by Gasteiger charge is -2.46. The van der Waals surface area contributed by atoms with Gasteiger partial charge >= 0.3 is 0 Å². The largest absolute Gasteiger partial charge is 0.389 e. The minimum atomic E-state index is -0.410. The zero-order valence-corrected chi connectivity index (χ0v) is 26.3. The van der Waals surface area contributed by atoms with Gasteiger partial charge in [0.05, 0.1) is 23.9 Å². The number of aliphatic hydroxyl groups is 1. The Hall–Kier alpha value is 0.200. The molecule has 5 fully saturated rings. The van der Waals surface area contributed by atoms with Gasteiger partial charge in [-0.2, -0.15) is 0 Å². The van der Waals surface area contributed by atoms with Crippen LogP contribution in [-0.4, -0.2) is 72.1 Å². The number of aliphatic hydroxyl groups excluding tert-OH is 1. The molecule has 5 aliphatic rings. The molecule has 5 rings (SSSR count). The van der Waals surface area contributed by atoms with Crippen LogP contribution in [0.3, 0.4) is 0 Å². The highest BCUT2D eigenvalue weighted by molar-refractivity contribution is 8.20. The summed E-state index contributed by atoms with van der Waals surface area (Å²) in [6, 6.07) is 0. The maximum atomic E-state index is 10.3. The highest BCUT2D eigenvalue weighted by Crippen LogP contribution is 2.55. The molecule has 1 N–H and O–H groups in total. The third kappa shape index (κ3) is 9.87. The smallest absolute Gasteiger partial charge is 0.173 e. The second-order valence-electron chi connectivity index (χ2n) is 12.6. The van der Waals surface area contributed by atoms with E-state index >= 15 is 0 Å². The lowest BCUT2D eigenvalue weighted by Crippen LogP contribution is -2.52. The first-order valence-electron chi connectivity index (χ1n) is 15.7. The van der Waals surface area contributed by atoms with Crippen molar-refractivity contribution in [3.05, 3.63) is 12.2 Å². The second-order valence-corrected chi connectivity index (χ2v) is 15.4. The van der Waals surface area contributed by atoms with E-state index in [-0.39, 0.29) is 24.1 Å². The van der Waals surface area contributed by atoms with Crippen molar-refractivity contribution in [1.82, 2.24) is 0 Å². The monoisotopic (exact) mass is 586 g/mol. The van der Waals surface area contributed by atoms with Crippen LogP contribution in [0.1, 0.15) is 97.8 Å². The molecule has 0 aromatic carbocycles. The first kappa shape index (κ1) is 32.1. The molecular weight excluding hydrogens is 532 g/mol. The fourth-order valence-electron chi connectivity index (χ4n) is 6.08. The minimum Gasteiger partial charge on any atom is -0.389 e. The fraction of sp³-hybridized carbons (Fsp3) is 0.935. The van der Waals surface area contributed by atoms with E-state index in [0.29, 0.717) is 16.4 Å². The summed E-state index contributed by atoms with van der Waals surface area (Å²) >= 11 is 4.14. The summed E-state index contributed by atoms with van der Waals surface area (Å²) in [5.74, 6) is 2.87. The second kappa shape index (κ2) is 16.2. The third-order valence-corrected chi connectivity index (χ3v) is 11.6. The van der Waals surface area contributed by atoms with Gasteiger partial charge in [0.15, 0.2) is 18.4 Å². The molecule has 1 spiro atoms. The van der Waals surface area contributed by atoms with Gasteiger partial charge in [-0.15, -0.1) is 23.5 Å². The van der Waals surface area contributed by atoms with E-state index in [4.69, 9.17) is 23.7 Å². The fourth-order valence-corrected chi connectivity index (χ4v) is 9.51. The Kier molecular flexibility index (Phi) is 13.3. The van der Waals surface area contributed by atoms with E-state index in [1.165, 1.54) is 50.0 Å². The number of ether oxygens (including phenoxy) is 5. The molecule has 4 saturated heterocycles. The molecule has 226 valence electrons. The van der Waals surface area contributed by atoms with Gasteiger partial charge in [0.25, 0.3) is 0 Å². The van der Waals surface area contributed by atoms with Crippen molar-refractivity contribution >= 4 is 23.5 Å². The number of rotatable bonds is 9. The molecule has 6 nitrogen and oxygen atoms in total. The maximum Gasteiger partial charge on any atom is 0.173 e. The quantitative estimate of drug-likeness (QED) is 0.226. The van der Waals surface area contributed by atoms with Crippen molar-refractivity contribution in [3.8, 4) is 0 Å². The first-order valence-corrected chi connectivity index (χ1v) is 17.8. The molecule has 4 aliphatic heterocycles. The van der Waals surface area contributed by atoms with Gasteiger partial charge in [0.2, 0.25) is 0 Å². The number of hydrogen-bond acceptors (Lipinski definition) is 8. The highest BCUT2D eigenvalue weighted by atomic mass is 32.2. The van der Waals surface area contributed by atoms with Crippen LogP contribution in [-0.2, 0) is 23.7 Å². The molecule has 0 amide bonds. The van der Waals surface area contributed by atoms with Crippen LogP contribution in [0.15, 0.2) is 12.2 Å². The van der Waals surface area contributed by atoms with Gasteiger partial charge in [-0.3, -0.25) is 0 Å². The molecule has 0 aromatic rings. The number of unbranched alkanes of at least 4 members (excludes halogenated alkanes) is 2. The van der Waals surface area contributed by atoms with E-state index in [2.05, 4.69) is 50.4 Å². The summed E-state index contributed by atoms with van der Waals surface area (Å²) in [7, 11) is 0. The van der Waals surface area contributed by atoms with Crippen molar-refractivity contribution in [2.45, 2.75) is 127 Å². The molecule has 8 heteroatoms. The summed E-state index contributed by atoms with van der Waals surface area (Å²) < 4.78 is 30.1. The summed E-state index contributed by atoms with van der Waals surface area (Å²) in [6.45, 7) is 9.88. The topological polar surface area (TPSA) is 66.4 Å². The predicted octanol–water partition coefficient (Wildman–Crippen LogP) is 7.14. The zero-order valence-electron chi connectivity index (χ0n) is 24.7. The molecule has 5 unspecified atom stereocenters. The van der Waals surface area contributed by atoms with Crippen molar-refractivity contribution in [2.75, 3.05) is 37.9 Å². The van der Waals surface area contributed by atoms with E-state index in [9.17, 15) is 5.11 Å². The number of allylic oxidation sites excluding steroid dienone is 1. The predicted molar refractivity (Wildman–Crippen MR) is 161 cm³/mol. The van der Waals surface area contributed by atoms with E-state index in [1.807, 2.05) is 6.08 Å². The van der Waals surface area contributed by atoms with Crippen LogP contribution in [0.5, 0.6) is 0 Å². The average molecular weight is 587 g/mol. The van der Waals surface area contributed by atoms with E-state index in [1.54, 1.807) is 0 Å². The first-order chi connectivity index (χ1) is 18.9. The van der Waals surface area contributed by atoms with E-state index in [0.717, 1.165) is 65.0 Å². The molecule has 0 aromatic heterocycles. The van der Waals surface area contributed by atoms with Crippen LogP contribution in [0.4, 0.5) is 0 Å². The van der Waals surface area contributed by atoms with Crippen molar-refractivity contribution in [2.24, 2.45) is 17.3 Å². The molecular formula is C31H54O6S2. The summed E-state index contributed by atoms with van der Waals surface area (Å²) in [5, 5.41) is 10.3. The maximum absolute atomic E-state index is 10.3. The Morgan fingerprint density at radius 3 is 2.13 bits per heavy atom. The van der Waals surface area contributed by atoms with Gasteiger partial charge in [-0.25, -0.2) is 0 Å². The molecule has 0 radical (unpaired) electrons.